The number of hydrogen-bond acceptors (Lipinski definition) is 5. The van der Waals surface area contributed by atoms with Crippen molar-refractivity contribution in [3.05, 3.63) is 17.0 Å². The predicted molar refractivity (Wildman–Crippen MR) is 67.4 cm³/mol. The Labute approximate surface area is 103 Å². The van der Waals surface area contributed by atoms with Crippen LogP contribution in [0, 0.1) is 0 Å². The number of methoxy groups -OCH3 is 3. The third kappa shape index (κ3) is 1.92. The van der Waals surface area contributed by atoms with Crippen LogP contribution in [-0.2, 0) is 6.61 Å². The van der Waals surface area contributed by atoms with Gasteiger partial charge in [-0.15, -0.1) is 11.3 Å². The van der Waals surface area contributed by atoms with Crippen LogP contribution in [0.2, 0.25) is 0 Å². The zero-order valence-electron chi connectivity index (χ0n) is 9.94. The molecule has 1 aromatic carbocycles. The van der Waals surface area contributed by atoms with Gasteiger partial charge in [-0.3, -0.25) is 0 Å². The quantitative estimate of drug-likeness (QED) is 0.910. The minimum absolute atomic E-state index is 0.0210. The standard InChI is InChI=1S/C12H14O4S/c1-14-9-5-10-8(4-7(6-13)17-10)11(15-2)12(9)16-3/h4-5,13H,6H2,1-3H3. The average molecular weight is 254 g/mol. The molecule has 5 heteroatoms. The lowest BCUT2D eigenvalue weighted by Crippen LogP contribution is -1.94. The van der Waals surface area contributed by atoms with E-state index >= 15 is 0 Å². The lowest BCUT2D eigenvalue weighted by molar-refractivity contribution is 0.285. The number of rotatable bonds is 4. The van der Waals surface area contributed by atoms with Crippen LogP contribution in [0.25, 0.3) is 10.1 Å². The topological polar surface area (TPSA) is 47.9 Å². The summed E-state index contributed by atoms with van der Waals surface area (Å²) >= 11 is 1.51. The fraction of sp³-hybridized carbons (Fsp3) is 0.333. The number of hydrogen-bond donors (Lipinski definition) is 1. The van der Waals surface area contributed by atoms with Crippen molar-refractivity contribution in [2.75, 3.05) is 21.3 Å². The summed E-state index contributed by atoms with van der Waals surface area (Å²) in [6.07, 6.45) is 0. The monoisotopic (exact) mass is 254 g/mol. The Morgan fingerprint density at radius 3 is 2.29 bits per heavy atom. The molecule has 0 radical (unpaired) electrons. The molecule has 1 aromatic heterocycles. The summed E-state index contributed by atoms with van der Waals surface area (Å²) in [7, 11) is 4.75. The van der Waals surface area contributed by atoms with Crippen LogP contribution in [0.5, 0.6) is 17.2 Å². The highest BCUT2D eigenvalue weighted by molar-refractivity contribution is 7.19. The van der Waals surface area contributed by atoms with Gasteiger partial charge in [0.1, 0.15) is 0 Å². The van der Waals surface area contributed by atoms with E-state index in [1.807, 2.05) is 12.1 Å². The highest BCUT2D eigenvalue weighted by atomic mass is 32.1. The Morgan fingerprint density at radius 2 is 1.76 bits per heavy atom. The van der Waals surface area contributed by atoms with Crippen molar-refractivity contribution in [2.24, 2.45) is 0 Å². The molecule has 0 bridgehead atoms. The van der Waals surface area contributed by atoms with E-state index in [4.69, 9.17) is 19.3 Å². The third-order valence-corrected chi connectivity index (χ3v) is 3.60. The maximum Gasteiger partial charge on any atom is 0.204 e. The number of thiophene rings is 1. The van der Waals surface area contributed by atoms with Gasteiger partial charge >= 0.3 is 0 Å². The smallest absolute Gasteiger partial charge is 0.204 e. The summed E-state index contributed by atoms with van der Waals surface area (Å²) in [5.74, 6) is 1.84. The van der Waals surface area contributed by atoms with Gasteiger partial charge < -0.3 is 19.3 Å². The van der Waals surface area contributed by atoms with Gasteiger partial charge in [0, 0.05) is 21.0 Å². The number of aliphatic hydroxyl groups excluding tert-OH is 1. The Hall–Kier alpha value is -1.46. The van der Waals surface area contributed by atoms with Crippen molar-refractivity contribution in [1.82, 2.24) is 0 Å². The summed E-state index contributed by atoms with van der Waals surface area (Å²) in [5, 5.41) is 10.1. The molecule has 0 aliphatic heterocycles. The van der Waals surface area contributed by atoms with Gasteiger partial charge in [0.2, 0.25) is 5.75 Å². The second-order valence-corrected chi connectivity index (χ2v) is 4.60. The first-order chi connectivity index (χ1) is 8.24. The van der Waals surface area contributed by atoms with Gasteiger partial charge in [0.05, 0.1) is 27.9 Å². The predicted octanol–water partition coefficient (Wildman–Crippen LogP) is 2.42. The molecule has 1 N–H and O–H groups in total. The zero-order valence-corrected chi connectivity index (χ0v) is 10.8. The molecule has 0 fully saturated rings. The molecule has 0 spiro atoms. The minimum atomic E-state index is 0.0210. The molecule has 0 atom stereocenters. The van der Waals surface area contributed by atoms with E-state index in [1.165, 1.54) is 11.3 Å². The highest BCUT2D eigenvalue weighted by Crippen LogP contribution is 2.45. The van der Waals surface area contributed by atoms with E-state index in [2.05, 4.69) is 0 Å². The molecule has 0 aliphatic carbocycles. The summed E-state index contributed by atoms with van der Waals surface area (Å²) in [6.45, 7) is 0.0210. The molecular weight excluding hydrogens is 240 g/mol. The fourth-order valence-electron chi connectivity index (χ4n) is 1.79. The van der Waals surface area contributed by atoms with E-state index in [9.17, 15) is 0 Å². The van der Waals surface area contributed by atoms with Crippen LogP contribution in [-0.4, -0.2) is 26.4 Å². The van der Waals surface area contributed by atoms with Crippen molar-refractivity contribution in [3.63, 3.8) is 0 Å². The van der Waals surface area contributed by atoms with Crippen LogP contribution in [0.4, 0.5) is 0 Å². The first-order valence-electron chi connectivity index (χ1n) is 5.07. The van der Waals surface area contributed by atoms with Crippen molar-refractivity contribution >= 4 is 21.4 Å². The van der Waals surface area contributed by atoms with Crippen molar-refractivity contribution in [3.8, 4) is 17.2 Å². The summed E-state index contributed by atoms with van der Waals surface area (Å²) in [6, 6.07) is 3.79. The third-order valence-electron chi connectivity index (χ3n) is 2.53. The molecule has 4 nitrogen and oxygen atoms in total. The molecule has 0 aliphatic rings. The molecule has 2 aromatic rings. The summed E-state index contributed by atoms with van der Waals surface area (Å²) in [4.78, 5) is 0.883. The van der Waals surface area contributed by atoms with Crippen LogP contribution in [0.15, 0.2) is 12.1 Å². The molecule has 1 heterocycles. The van der Waals surface area contributed by atoms with Crippen molar-refractivity contribution in [1.29, 1.82) is 0 Å². The fourth-order valence-corrected chi connectivity index (χ4v) is 2.74. The van der Waals surface area contributed by atoms with Gasteiger partial charge in [0.25, 0.3) is 0 Å². The SMILES string of the molecule is COc1cc2sc(CO)cc2c(OC)c1OC. The number of fused-ring (bicyclic) bond motifs is 1. The summed E-state index contributed by atoms with van der Waals surface area (Å²) in [5.41, 5.74) is 0. The number of aliphatic hydroxyl groups is 1. The van der Waals surface area contributed by atoms with Gasteiger partial charge in [0.15, 0.2) is 11.5 Å². The lowest BCUT2D eigenvalue weighted by Gasteiger charge is -2.12. The Bertz CT molecular complexity index is 533. The van der Waals surface area contributed by atoms with E-state index in [1.54, 1.807) is 21.3 Å². The maximum absolute atomic E-state index is 9.16. The van der Waals surface area contributed by atoms with Gasteiger partial charge in [-0.2, -0.15) is 0 Å². The van der Waals surface area contributed by atoms with Crippen LogP contribution < -0.4 is 14.2 Å². The van der Waals surface area contributed by atoms with Crippen LogP contribution in [0.3, 0.4) is 0 Å². The highest BCUT2D eigenvalue weighted by Gasteiger charge is 2.17. The van der Waals surface area contributed by atoms with Crippen LogP contribution in [0.1, 0.15) is 4.88 Å². The van der Waals surface area contributed by atoms with E-state index in [0.717, 1.165) is 15.0 Å². The number of benzene rings is 1. The Balaban J connectivity index is 2.76. The van der Waals surface area contributed by atoms with Crippen molar-refractivity contribution in [2.45, 2.75) is 6.61 Å². The molecule has 0 unspecified atom stereocenters. The van der Waals surface area contributed by atoms with Gasteiger partial charge in [-0.25, -0.2) is 0 Å². The minimum Gasteiger partial charge on any atom is -0.493 e. The van der Waals surface area contributed by atoms with E-state index in [-0.39, 0.29) is 6.61 Å². The van der Waals surface area contributed by atoms with Gasteiger partial charge in [-0.05, 0) is 6.07 Å². The second kappa shape index (κ2) is 4.81. The zero-order chi connectivity index (χ0) is 12.4. The molecule has 2 rings (SSSR count). The molecular formula is C12H14O4S. The Kier molecular flexibility index (Phi) is 3.40. The lowest BCUT2D eigenvalue weighted by atomic mass is 10.2. The maximum atomic E-state index is 9.16. The molecule has 92 valence electrons. The first-order valence-corrected chi connectivity index (χ1v) is 5.89. The molecule has 0 amide bonds. The van der Waals surface area contributed by atoms with Gasteiger partial charge in [-0.1, -0.05) is 0 Å². The second-order valence-electron chi connectivity index (χ2n) is 3.43. The number of ether oxygens (including phenoxy) is 3. The van der Waals surface area contributed by atoms with Crippen molar-refractivity contribution < 1.29 is 19.3 Å². The molecule has 0 saturated carbocycles. The normalized spacial score (nSPS) is 10.6. The van der Waals surface area contributed by atoms with Crippen LogP contribution >= 0.6 is 11.3 Å². The Morgan fingerprint density at radius 1 is 1.06 bits per heavy atom. The molecule has 17 heavy (non-hydrogen) atoms. The average Bonchev–Trinajstić information content (AvgIpc) is 2.78. The first kappa shape index (κ1) is 12.0. The largest absolute Gasteiger partial charge is 0.493 e. The molecule has 0 saturated heterocycles. The van der Waals surface area contributed by atoms with E-state index < -0.39 is 0 Å². The summed E-state index contributed by atoms with van der Waals surface area (Å²) < 4.78 is 16.9. The van der Waals surface area contributed by atoms with E-state index in [0.29, 0.717) is 17.2 Å².